The van der Waals surface area contributed by atoms with Gasteiger partial charge in [0.2, 0.25) is 0 Å². The zero-order chi connectivity index (χ0) is 11.0. The van der Waals surface area contributed by atoms with E-state index < -0.39 is 0 Å². The van der Waals surface area contributed by atoms with Crippen molar-refractivity contribution < 1.29 is 0 Å². The van der Waals surface area contributed by atoms with Crippen LogP contribution in [-0.2, 0) is 0 Å². The number of rotatable bonds is 2. The van der Waals surface area contributed by atoms with Crippen LogP contribution in [0, 0.1) is 5.92 Å². The molecule has 2 aromatic rings. The molecular formula is C14H17ClN2. The van der Waals surface area contributed by atoms with Crippen molar-refractivity contribution in [2.24, 2.45) is 11.7 Å². The molecule has 2 nitrogen and oxygen atoms in total. The SMILES string of the molecule is Cl.N[C@@H](c1ccnc2ccccc12)C1CCC1. The summed E-state index contributed by atoms with van der Waals surface area (Å²) < 4.78 is 0. The molecule has 0 bridgehead atoms. The Hall–Kier alpha value is -1.12. The minimum atomic E-state index is 0. The quantitative estimate of drug-likeness (QED) is 0.884. The summed E-state index contributed by atoms with van der Waals surface area (Å²) in [5.41, 5.74) is 8.65. The number of benzene rings is 1. The molecule has 0 aliphatic heterocycles. The van der Waals surface area contributed by atoms with Crippen molar-refractivity contribution in [3.63, 3.8) is 0 Å². The summed E-state index contributed by atoms with van der Waals surface area (Å²) in [6, 6.07) is 10.5. The van der Waals surface area contributed by atoms with Crippen LogP contribution in [0.5, 0.6) is 0 Å². The highest BCUT2D eigenvalue weighted by atomic mass is 35.5. The van der Waals surface area contributed by atoms with E-state index in [1.807, 2.05) is 18.3 Å². The molecule has 1 aliphatic rings. The highest BCUT2D eigenvalue weighted by molar-refractivity contribution is 5.85. The lowest BCUT2D eigenvalue weighted by atomic mass is 9.77. The van der Waals surface area contributed by atoms with Crippen molar-refractivity contribution in [2.75, 3.05) is 0 Å². The van der Waals surface area contributed by atoms with Crippen LogP contribution in [0.4, 0.5) is 0 Å². The molecule has 1 fully saturated rings. The fourth-order valence-electron chi connectivity index (χ4n) is 2.46. The van der Waals surface area contributed by atoms with E-state index in [9.17, 15) is 0 Å². The van der Waals surface area contributed by atoms with Crippen molar-refractivity contribution in [3.05, 3.63) is 42.1 Å². The molecule has 1 saturated carbocycles. The number of para-hydroxylation sites is 1. The minimum absolute atomic E-state index is 0. The van der Waals surface area contributed by atoms with Crippen LogP contribution in [0.1, 0.15) is 30.9 Å². The van der Waals surface area contributed by atoms with Gasteiger partial charge in [-0.1, -0.05) is 24.6 Å². The average Bonchev–Trinajstić information content (AvgIpc) is 2.26. The van der Waals surface area contributed by atoms with Crippen molar-refractivity contribution >= 4 is 23.3 Å². The van der Waals surface area contributed by atoms with Crippen LogP contribution in [-0.4, -0.2) is 4.98 Å². The number of nitrogens with zero attached hydrogens (tertiary/aromatic N) is 1. The van der Waals surface area contributed by atoms with E-state index in [4.69, 9.17) is 5.73 Å². The molecule has 90 valence electrons. The summed E-state index contributed by atoms with van der Waals surface area (Å²) in [5, 5.41) is 1.21. The molecule has 1 heterocycles. The Labute approximate surface area is 108 Å². The first kappa shape index (κ1) is 12.3. The number of nitrogens with two attached hydrogens (primary N) is 1. The largest absolute Gasteiger partial charge is 0.324 e. The van der Waals surface area contributed by atoms with E-state index in [2.05, 4.69) is 23.2 Å². The second kappa shape index (κ2) is 5.03. The number of hydrogen-bond acceptors (Lipinski definition) is 2. The van der Waals surface area contributed by atoms with Gasteiger partial charge in [-0.2, -0.15) is 0 Å². The third-order valence-corrected chi connectivity index (χ3v) is 3.70. The van der Waals surface area contributed by atoms with Crippen molar-refractivity contribution in [1.29, 1.82) is 0 Å². The predicted molar refractivity (Wildman–Crippen MR) is 73.3 cm³/mol. The van der Waals surface area contributed by atoms with Gasteiger partial charge in [0.15, 0.2) is 0 Å². The van der Waals surface area contributed by atoms with Gasteiger partial charge in [0.25, 0.3) is 0 Å². The van der Waals surface area contributed by atoms with Crippen molar-refractivity contribution in [1.82, 2.24) is 4.98 Å². The molecule has 0 spiro atoms. The first-order valence-electron chi connectivity index (χ1n) is 5.95. The third-order valence-electron chi connectivity index (χ3n) is 3.70. The summed E-state index contributed by atoms with van der Waals surface area (Å²) in [5.74, 6) is 0.672. The van der Waals surface area contributed by atoms with Crippen molar-refractivity contribution in [3.8, 4) is 0 Å². The molecule has 1 aromatic carbocycles. The molecule has 0 amide bonds. The van der Waals surface area contributed by atoms with Gasteiger partial charge in [0.1, 0.15) is 0 Å². The summed E-state index contributed by atoms with van der Waals surface area (Å²) in [6.45, 7) is 0. The van der Waals surface area contributed by atoms with Gasteiger partial charge in [-0.05, 0) is 36.5 Å². The normalized spacial score (nSPS) is 17.2. The highest BCUT2D eigenvalue weighted by Crippen LogP contribution is 2.37. The van der Waals surface area contributed by atoms with Gasteiger partial charge < -0.3 is 5.73 Å². The molecule has 0 radical (unpaired) electrons. The van der Waals surface area contributed by atoms with Gasteiger partial charge in [-0.3, -0.25) is 4.98 Å². The lowest BCUT2D eigenvalue weighted by Crippen LogP contribution is -2.27. The Morgan fingerprint density at radius 3 is 2.65 bits per heavy atom. The fraction of sp³-hybridized carbons (Fsp3) is 0.357. The molecule has 0 saturated heterocycles. The third kappa shape index (κ3) is 2.15. The Balaban J connectivity index is 0.00000108. The van der Waals surface area contributed by atoms with E-state index >= 15 is 0 Å². The monoisotopic (exact) mass is 248 g/mol. The molecule has 17 heavy (non-hydrogen) atoms. The second-order valence-corrected chi connectivity index (χ2v) is 4.63. The van der Waals surface area contributed by atoms with Crippen LogP contribution in [0.15, 0.2) is 36.5 Å². The van der Waals surface area contributed by atoms with E-state index in [0.29, 0.717) is 5.92 Å². The summed E-state index contributed by atoms with van der Waals surface area (Å²) in [4.78, 5) is 4.37. The van der Waals surface area contributed by atoms with Crippen LogP contribution in [0.25, 0.3) is 10.9 Å². The van der Waals surface area contributed by atoms with Crippen LogP contribution >= 0.6 is 12.4 Å². The first-order chi connectivity index (χ1) is 7.86. The zero-order valence-electron chi connectivity index (χ0n) is 9.67. The standard InChI is InChI=1S/C14H16N2.ClH/c15-14(10-4-3-5-10)12-8-9-16-13-7-2-1-6-11(12)13;/h1-2,6-10,14H,3-5,15H2;1H/t14-;/m1./s1. The second-order valence-electron chi connectivity index (χ2n) is 4.63. The van der Waals surface area contributed by atoms with Crippen LogP contribution in [0.2, 0.25) is 0 Å². The lowest BCUT2D eigenvalue weighted by molar-refractivity contribution is 0.265. The minimum Gasteiger partial charge on any atom is -0.324 e. The molecule has 3 rings (SSSR count). The predicted octanol–water partition coefficient (Wildman–Crippen LogP) is 3.46. The molecule has 0 unspecified atom stereocenters. The van der Waals surface area contributed by atoms with E-state index in [0.717, 1.165) is 5.52 Å². The Morgan fingerprint density at radius 2 is 1.94 bits per heavy atom. The molecule has 3 heteroatoms. The molecule has 1 atom stereocenters. The Kier molecular flexibility index (Phi) is 3.65. The topological polar surface area (TPSA) is 38.9 Å². The highest BCUT2D eigenvalue weighted by Gasteiger charge is 2.26. The molecular weight excluding hydrogens is 232 g/mol. The average molecular weight is 249 g/mol. The number of fused-ring (bicyclic) bond motifs is 1. The van der Waals surface area contributed by atoms with E-state index in [-0.39, 0.29) is 18.4 Å². The van der Waals surface area contributed by atoms with Crippen LogP contribution < -0.4 is 5.73 Å². The zero-order valence-corrected chi connectivity index (χ0v) is 10.5. The number of halogens is 1. The maximum absolute atomic E-state index is 6.34. The van der Waals surface area contributed by atoms with Gasteiger partial charge in [0, 0.05) is 17.6 Å². The molecule has 2 N–H and O–H groups in total. The maximum atomic E-state index is 6.34. The van der Waals surface area contributed by atoms with Gasteiger partial charge in [-0.15, -0.1) is 12.4 Å². The first-order valence-corrected chi connectivity index (χ1v) is 5.95. The van der Waals surface area contributed by atoms with Gasteiger partial charge in [0.05, 0.1) is 5.52 Å². The fourth-order valence-corrected chi connectivity index (χ4v) is 2.46. The summed E-state index contributed by atoms with van der Waals surface area (Å²) in [7, 11) is 0. The van der Waals surface area contributed by atoms with Crippen LogP contribution in [0.3, 0.4) is 0 Å². The molecule has 1 aliphatic carbocycles. The maximum Gasteiger partial charge on any atom is 0.0705 e. The van der Waals surface area contributed by atoms with Gasteiger partial charge in [-0.25, -0.2) is 0 Å². The Bertz CT molecular complexity index is 503. The van der Waals surface area contributed by atoms with Gasteiger partial charge >= 0.3 is 0 Å². The smallest absolute Gasteiger partial charge is 0.0705 e. The van der Waals surface area contributed by atoms with Crippen molar-refractivity contribution in [2.45, 2.75) is 25.3 Å². The molecule has 1 aromatic heterocycles. The summed E-state index contributed by atoms with van der Waals surface area (Å²) >= 11 is 0. The summed E-state index contributed by atoms with van der Waals surface area (Å²) in [6.07, 6.45) is 5.76. The number of hydrogen-bond donors (Lipinski definition) is 1. The van der Waals surface area contributed by atoms with E-state index in [1.165, 1.54) is 30.2 Å². The number of pyridine rings is 1. The van der Waals surface area contributed by atoms with E-state index in [1.54, 1.807) is 0 Å². The Morgan fingerprint density at radius 1 is 1.18 bits per heavy atom. The lowest BCUT2D eigenvalue weighted by Gasteiger charge is -2.31. The number of aromatic nitrogens is 1.